The third kappa shape index (κ3) is 3.48. The summed E-state index contributed by atoms with van der Waals surface area (Å²) in [7, 11) is 0. The van der Waals surface area contributed by atoms with Crippen LogP contribution in [0.4, 0.5) is 0 Å². The Balaban J connectivity index is 2.17. The van der Waals surface area contributed by atoms with E-state index in [9.17, 15) is 4.79 Å². The van der Waals surface area contributed by atoms with Crippen molar-refractivity contribution < 1.29 is 9.53 Å². The van der Waals surface area contributed by atoms with Crippen LogP contribution in [0.15, 0.2) is 0 Å². The van der Waals surface area contributed by atoms with E-state index >= 15 is 0 Å². The molecule has 2 unspecified atom stereocenters. The molecule has 0 aromatic carbocycles. The van der Waals surface area contributed by atoms with Crippen molar-refractivity contribution in [3.05, 3.63) is 0 Å². The number of thioether (sulfide) groups is 1. The summed E-state index contributed by atoms with van der Waals surface area (Å²) >= 11 is 1.88. The Kier molecular flexibility index (Phi) is 5.29. The van der Waals surface area contributed by atoms with Crippen molar-refractivity contribution in [2.75, 3.05) is 11.5 Å². The zero-order valence-electron chi connectivity index (χ0n) is 8.49. The number of ether oxygens (including phenoxy) is 1. The van der Waals surface area contributed by atoms with Gasteiger partial charge in [0.05, 0.1) is 6.10 Å². The van der Waals surface area contributed by atoms with Crippen molar-refractivity contribution in [1.29, 1.82) is 0 Å². The average Bonchev–Trinajstić information content (AvgIpc) is 2.66. The number of nitrogens with two attached hydrogens (primary N) is 1. The minimum atomic E-state index is -0.327. The zero-order valence-corrected chi connectivity index (χ0v) is 9.31. The smallest absolute Gasteiger partial charge is 0.263 e. The van der Waals surface area contributed by atoms with Gasteiger partial charge in [-0.25, -0.2) is 5.84 Å². The zero-order chi connectivity index (χ0) is 10.4. The first-order chi connectivity index (χ1) is 6.77. The van der Waals surface area contributed by atoms with E-state index in [0.717, 1.165) is 24.3 Å². The number of hydrogen-bond donors (Lipinski definition) is 2. The standard InChI is InChI=1S/C9H18N2O2S/c1-2-5-14-6-7-3-4-8(13-7)9(12)11-10/h7-8H,2-6,10H2,1H3,(H,11,12). The molecule has 0 spiro atoms. The maximum absolute atomic E-state index is 11.1. The van der Waals surface area contributed by atoms with Crippen molar-refractivity contribution in [1.82, 2.24) is 5.43 Å². The summed E-state index contributed by atoms with van der Waals surface area (Å²) in [5.74, 6) is 6.98. The van der Waals surface area contributed by atoms with Crippen LogP contribution in [0.25, 0.3) is 0 Å². The third-order valence-corrected chi connectivity index (χ3v) is 3.50. The normalized spacial score (nSPS) is 26.4. The molecular weight excluding hydrogens is 200 g/mol. The molecule has 0 aromatic heterocycles. The van der Waals surface area contributed by atoms with Gasteiger partial charge in [0.1, 0.15) is 6.10 Å². The lowest BCUT2D eigenvalue weighted by atomic mass is 10.2. The Morgan fingerprint density at radius 2 is 2.43 bits per heavy atom. The predicted molar refractivity (Wildman–Crippen MR) is 57.8 cm³/mol. The van der Waals surface area contributed by atoms with Gasteiger partial charge in [-0.2, -0.15) is 11.8 Å². The Labute approximate surface area is 88.9 Å². The number of hydrogen-bond acceptors (Lipinski definition) is 4. The Bertz CT molecular complexity index is 190. The van der Waals surface area contributed by atoms with E-state index in [2.05, 4.69) is 12.3 Å². The van der Waals surface area contributed by atoms with Crippen LogP contribution in [-0.4, -0.2) is 29.6 Å². The first-order valence-corrected chi connectivity index (χ1v) is 6.17. The van der Waals surface area contributed by atoms with E-state index in [4.69, 9.17) is 10.6 Å². The maximum Gasteiger partial charge on any atom is 0.263 e. The molecular formula is C9H18N2O2S. The van der Waals surface area contributed by atoms with Gasteiger partial charge in [0, 0.05) is 5.75 Å². The SMILES string of the molecule is CCCSCC1CCC(C(=O)NN)O1. The fraction of sp³-hybridized carbons (Fsp3) is 0.889. The van der Waals surface area contributed by atoms with Crippen molar-refractivity contribution >= 4 is 17.7 Å². The molecule has 82 valence electrons. The summed E-state index contributed by atoms with van der Waals surface area (Å²) in [6, 6.07) is 0. The van der Waals surface area contributed by atoms with Crippen LogP contribution in [0.5, 0.6) is 0 Å². The van der Waals surface area contributed by atoms with Crippen LogP contribution in [0.3, 0.4) is 0 Å². The second-order valence-electron chi connectivity index (χ2n) is 3.41. The summed E-state index contributed by atoms with van der Waals surface area (Å²) in [6.07, 6.45) is 2.85. The van der Waals surface area contributed by atoms with E-state index < -0.39 is 0 Å². The van der Waals surface area contributed by atoms with Gasteiger partial charge in [-0.3, -0.25) is 10.2 Å². The van der Waals surface area contributed by atoms with Crippen molar-refractivity contribution in [3.8, 4) is 0 Å². The van der Waals surface area contributed by atoms with E-state index in [-0.39, 0.29) is 18.1 Å². The van der Waals surface area contributed by atoms with E-state index in [1.807, 2.05) is 11.8 Å². The Morgan fingerprint density at radius 3 is 3.07 bits per heavy atom. The highest BCUT2D eigenvalue weighted by atomic mass is 32.2. The molecule has 1 rings (SSSR count). The van der Waals surface area contributed by atoms with Crippen LogP contribution < -0.4 is 11.3 Å². The molecule has 0 bridgehead atoms. The summed E-state index contributed by atoms with van der Waals surface area (Å²) in [4.78, 5) is 11.1. The molecule has 1 heterocycles. The van der Waals surface area contributed by atoms with Crippen LogP contribution in [0, 0.1) is 0 Å². The molecule has 0 saturated carbocycles. The number of nitrogens with one attached hydrogen (secondary N) is 1. The second-order valence-corrected chi connectivity index (χ2v) is 4.56. The molecule has 1 aliphatic heterocycles. The monoisotopic (exact) mass is 218 g/mol. The van der Waals surface area contributed by atoms with Crippen molar-refractivity contribution in [3.63, 3.8) is 0 Å². The highest BCUT2D eigenvalue weighted by Gasteiger charge is 2.29. The van der Waals surface area contributed by atoms with Gasteiger partial charge >= 0.3 is 0 Å². The molecule has 0 radical (unpaired) electrons. The molecule has 0 aliphatic carbocycles. The lowest BCUT2D eigenvalue weighted by Crippen LogP contribution is -2.39. The highest BCUT2D eigenvalue weighted by molar-refractivity contribution is 7.99. The van der Waals surface area contributed by atoms with E-state index in [1.54, 1.807) is 0 Å². The molecule has 5 heteroatoms. The lowest BCUT2D eigenvalue weighted by molar-refractivity contribution is -0.131. The quantitative estimate of drug-likeness (QED) is 0.308. The molecule has 1 aliphatic rings. The minimum absolute atomic E-state index is 0.201. The summed E-state index contributed by atoms with van der Waals surface area (Å²) < 4.78 is 5.55. The van der Waals surface area contributed by atoms with Gasteiger partial charge in [-0.1, -0.05) is 6.92 Å². The van der Waals surface area contributed by atoms with E-state index in [0.29, 0.717) is 0 Å². The predicted octanol–water partition coefficient (Wildman–Crippen LogP) is 0.667. The van der Waals surface area contributed by atoms with Crippen LogP contribution in [0.1, 0.15) is 26.2 Å². The molecule has 14 heavy (non-hydrogen) atoms. The Hall–Kier alpha value is -0.260. The van der Waals surface area contributed by atoms with Gasteiger partial charge in [-0.15, -0.1) is 0 Å². The molecule has 0 aromatic rings. The fourth-order valence-electron chi connectivity index (χ4n) is 1.47. The van der Waals surface area contributed by atoms with Gasteiger partial charge < -0.3 is 4.74 Å². The van der Waals surface area contributed by atoms with Crippen LogP contribution in [0.2, 0.25) is 0 Å². The molecule has 3 N–H and O–H groups in total. The van der Waals surface area contributed by atoms with Crippen LogP contribution >= 0.6 is 11.8 Å². The van der Waals surface area contributed by atoms with Crippen molar-refractivity contribution in [2.45, 2.75) is 38.4 Å². The first kappa shape index (κ1) is 11.8. The number of rotatable bonds is 5. The molecule has 1 amide bonds. The summed E-state index contributed by atoms with van der Waals surface area (Å²) in [5.41, 5.74) is 2.12. The molecule has 4 nitrogen and oxygen atoms in total. The van der Waals surface area contributed by atoms with Gasteiger partial charge in [-0.05, 0) is 25.0 Å². The first-order valence-electron chi connectivity index (χ1n) is 5.01. The highest BCUT2D eigenvalue weighted by Crippen LogP contribution is 2.22. The number of hydrazine groups is 1. The minimum Gasteiger partial charge on any atom is -0.364 e. The number of amides is 1. The molecule has 1 saturated heterocycles. The van der Waals surface area contributed by atoms with Crippen molar-refractivity contribution in [2.24, 2.45) is 5.84 Å². The van der Waals surface area contributed by atoms with E-state index in [1.165, 1.54) is 6.42 Å². The number of carbonyl (C=O) groups is 1. The lowest BCUT2D eigenvalue weighted by Gasteiger charge is -2.11. The molecule has 1 fully saturated rings. The largest absolute Gasteiger partial charge is 0.364 e. The van der Waals surface area contributed by atoms with Gasteiger partial charge in [0.2, 0.25) is 0 Å². The fourth-order valence-corrected chi connectivity index (χ4v) is 2.44. The second kappa shape index (κ2) is 6.27. The maximum atomic E-state index is 11.1. The van der Waals surface area contributed by atoms with Gasteiger partial charge in [0.15, 0.2) is 0 Å². The summed E-state index contributed by atoms with van der Waals surface area (Å²) in [5, 5.41) is 0. The van der Waals surface area contributed by atoms with Crippen LogP contribution in [-0.2, 0) is 9.53 Å². The summed E-state index contributed by atoms with van der Waals surface area (Å²) in [6.45, 7) is 2.16. The average molecular weight is 218 g/mol. The topological polar surface area (TPSA) is 64.4 Å². The van der Waals surface area contributed by atoms with Gasteiger partial charge in [0.25, 0.3) is 5.91 Å². The number of carbonyl (C=O) groups excluding carboxylic acids is 1. The Morgan fingerprint density at radius 1 is 1.64 bits per heavy atom. The molecule has 2 atom stereocenters. The third-order valence-electron chi connectivity index (χ3n) is 2.19.